The van der Waals surface area contributed by atoms with E-state index in [0.29, 0.717) is 19.3 Å². The normalized spacial score (nSPS) is 22.6. The van der Waals surface area contributed by atoms with Crippen LogP contribution in [0.1, 0.15) is 37.8 Å². The Hall–Kier alpha value is -2.11. The molecule has 1 aromatic carbocycles. The molecular formula is C15H19FN2O3. The second-order valence-corrected chi connectivity index (χ2v) is 5.44. The van der Waals surface area contributed by atoms with E-state index in [9.17, 15) is 14.0 Å². The molecule has 2 amide bonds. The lowest BCUT2D eigenvalue weighted by atomic mass is 10.1. The molecule has 0 saturated heterocycles. The molecule has 0 aromatic heterocycles. The fourth-order valence-corrected chi connectivity index (χ4v) is 2.60. The predicted molar refractivity (Wildman–Crippen MR) is 75.2 cm³/mol. The third-order valence-corrected chi connectivity index (χ3v) is 3.83. The number of rotatable bonds is 4. The lowest BCUT2D eigenvalue weighted by Crippen LogP contribution is -2.42. The van der Waals surface area contributed by atoms with Crippen molar-refractivity contribution in [2.75, 3.05) is 0 Å². The minimum absolute atomic E-state index is 0.105. The fourth-order valence-electron chi connectivity index (χ4n) is 2.60. The molecule has 6 heteroatoms. The number of carboxylic acids is 1. The van der Waals surface area contributed by atoms with Gasteiger partial charge in [0.25, 0.3) is 0 Å². The molecule has 0 radical (unpaired) electrons. The van der Waals surface area contributed by atoms with Crippen molar-refractivity contribution in [1.29, 1.82) is 0 Å². The summed E-state index contributed by atoms with van der Waals surface area (Å²) in [7, 11) is 0. The van der Waals surface area contributed by atoms with Crippen LogP contribution >= 0.6 is 0 Å². The number of benzene rings is 1. The summed E-state index contributed by atoms with van der Waals surface area (Å²) >= 11 is 0. The van der Waals surface area contributed by atoms with Gasteiger partial charge in [-0.2, -0.15) is 0 Å². The Labute approximate surface area is 122 Å². The number of nitrogens with one attached hydrogen (secondary N) is 2. The molecule has 114 valence electrons. The van der Waals surface area contributed by atoms with Gasteiger partial charge in [-0.25, -0.2) is 9.18 Å². The third-order valence-electron chi connectivity index (χ3n) is 3.83. The van der Waals surface area contributed by atoms with E-state index in [1.165, 1.54) is 12.1 Å². The Morgan fingerprint density at radius 2 is 1.95 bits per heavy atom. The van der Waals surface area contributed by atoms with E-state index in [1.54, 1.807) is 12.1 Å². The van der Waals surface area contributed by atoms with Gasteiger partial charge in [-0.15, -0.1) is 0 Å². The maximum absolute atomic E-state index is 12.8. The van der Waals surface area contributed by atoms with Gasteiger partial charge in [-0.1, -0.05) is 12.1 Å². The average Bonchev–Trinajstić information content (AvgIpc) is 2.87. The number of carbonyl (C=O) groups is 2. The van der Waals surface area contributed by atoms with Crippen molar-refractivity contribution in [2.45, 2.75) is 38.3 Å². The summed E-state index contributed by atoms with van der Waals surface area (Å²) in [6, 6.07) is 5.25. The molecule has 0 heterocycles. The zero-order chi connectivity index (χ0) is 15.4. The molecule has 1 aromatic rings. The number of urea groups is 1. The number of amides is 2. The van der Waals surface area contributed by atoms with Crippen molar-refractivity contribution in [1.82, 2.24) is 10.6 Å². The van der Waals surface area contributed by atoms with Crippen LogP contribution in [0.3, 0.4) is 0 Å². The maximum Gasteiger partial charge on any atom is 0.315 e. The molecule has 1 aliphatic carbocycles. The lowest BCUT2D eigenvalue weighted by Gasteiger charge is -2.18. The summed E-state index contributed by atoms with van der Waals surface area (Å²) < 4.78 is 12.8. The van der Waals surface area contributed by atoms with E-state index in [0.717, 1.165) is 5.56 Å². The molecule has 1 saturated carbocycles. The van der Waals surface area contributed by atoms with Crippen molar-refractivity contribution < 1.29 is 19.1 Å². The number of hydrogen-bond acceptors (Lipinski definition) is 2. The zero-order valence-electron chi connectivity index (χ0n) is 11.8. The zero-order valence-corrected chi connectivity index (χ0v) is 11.8. The topological polar surface area (TPSA) is 78.4 Å². The second kappa shape index (κ2) is 6.56. The molecule has 2 rings (SSSR count). The van der Waals surface area contributed by atoms with Crippen molar-refractivity contribution >= 4 is 12.0 Å². The first-order valence-corrected chi connectivity index (χ1v) is 7.01. The van der Waals surface area contributed by atoms with Crippen LogP contribution in [0, 0.1) is 11.7 Å². The first-order chi connectivity index (χ1) is 9.95. The summed E-state index contributed by atoms with van der Waals surface area (Å²) in [6.07, 6.45) is 1.73. The SMILES string of the molecule is CC(NC(=O)NC1CCC(C(=O)O)C1)c1ccc(F)cc1. The molecule has 0 bridgehead atoms. The van der Waals surface area contributed by atoms with Crippen LogP contribution in [0.5, 0.6) is 0 Å². The van der Waals surface area contributed by atoms with Gasteiger partial charge in [0.2, 0.25) is 0 Å². The van der Waals surface area contributed by atoms with Gasteiger partial charge in [-0.3, -0.25) is 4.79 Å². The van der Waals surface area contributed by atoms with Gasteiger partial charge in [-0.05, 0) is 43.9 Å². The third kappa shape index (κ3) is 4.18. The largest absolute Gasteiger partial charge is 0.481 e. The van der Waals surface area contributed by atoms with Crippen molar-refractivity contribution in [3.8, 4) is 0 Å². The molecule has 21 heavy (non-hydrogen) atoms. The summed E-state index contributed by atoms with van der Waals surface area (Å²) in [5, 5.41) is 14.5. The molecule has 5 nitrogen and oxygen atoms in total. The molecule has 3 N–H and O–H groups in total. The molecule has 3 unspecified atom stereocenters. The Morgan fingerprint density at radius 3 is 2.52 bits per heavy atom. The minimum Gasteiger partial charge on any atom is -0.481 e. The highest BCUT2D eigenvalue weighted by Crippen LogP contribution is 2.25. The Bertz CT molecular complexity index is 518. The summed E-state index contributed by atoms with van der Waals surface area (Å²) in [5.41, 5.74) is 0.807. The van der Waals surface area contributed by atoms with Crippen LogP contribution in [-0.2, 0) is 4.79 Å². The number of carboxylic acid groups (broad SMARTS) is 1. The van der Waals surface area contributed by atoms with Crippen LogP contribution in [0.4, 0.5) is 9.18 Å². The molecule has 1 fully saturated rings. The first kappa shape index (κ1) is 15.3. The van der Waals surface area contributed by atoms with Gasteiger partial charge >= 0.3 is 12.0 Å². The van der Waals surface area contributed by atoms with Crippen LogP contribution in [0.15, 0.2) is 24.3 Å². The maximum atomic E-state index is 12.8. The van der Waals surface area contributed by atoms with Gasteiger partial charge in [0.15, 0.2) is 0 Å². The van der Waals surface area contributed by atoms with Gasteiger partial charge in [0.05, 0.1) is 12.0 Å². The monoisotopic (exact) mass is 294 g/mol. The van der Waals surface area contributed by atoms with Gasteiger partial charge < -0.3 is 15.7 Å². The Balaban J connectivity index is 1.82. The van der Waals surface area contributed by atoms with Gasteiger partial charge in [0.1, 0.15) is 5.82 Å². The standard InChI is InChI=1S/C15H19FN2O3/c1-9(10-2-5-12(16)6-3-10)17-15(21)18-13-7-4-11(8-13)14(19)20/h2-3,5-6,9,11,13H,4,7-8H2,1H3,(H,19,20)(H2,17,18,21). The number of halogens is 1. The molecule has 0 spiro atoms. The van der Waals surface area contributed by atoms with Crippen LogP contribution in [0.25, 0.3) is 0 Å². The second-order valence-electron chi connectivity index (χ2n) is 5.44. The molecule has 3 atom stereocenters. The molecule has 0 aliphatic heterocycles. The number of aliphatic carboxylic acids is 1. The first-order valence-electron chi connectivity index (χ1n) is 7.01. The predicted octanol–water partition coefficient (Wildman–Crippen LogP) is 2.44. The highest BCUT2D eigenvalue weighted by atomic mass is 19.1. The van der Waals surface area contributed by atoms with Crippen molar-refractivity contribution in [3.63, 3.8) is 0 Å². The van der Waals surface area contributed by atoms with E-state index in [1.807, 2.05) is 6.92 Å². The smallest absolute Gasteiger partial charge is 0.315 e. The quantitative estimate of drug-likeness (QED) is 0.798. The van der Waals surface area contributed by atoms with E-state index in [4.69, 9.17) is 5.11 Å². The highest BCUT2D eigenvalue weighted by Gasteiger charge is 2.30. The van der Waals surface area contributed by atoms with Crippen LogP contribution < -0.4 is 10.6 Å². The van der Waals surface area contributed by atoms with Crippen molar-refractivity contribution in [2.24, 2.45) is 5.92 Å². The van der Waals surface area contributed by atoms with Crippen LogP contribution in [0.2, 0.25) is 0 Å². The van der Waals surface area contributed by atoms with Crippen LogP contribution in [-0.4, -0.2) is 23.1 Å². The highest BCUT2D eigenvalue weighted by molar-refractivity contribution is 5.75. The minimum atomic E-state index is -0.806. The summed E-state index contributed by atoms with van der Waals surface area (Å²) in [4.78, 5) is 22.7. The number of carbonyl (C=O) groups excluding carboxylic acids is 1. The molecular weight excluding hydrogens is 275 g/mol. The van der Waals surface area contributed by atoms with Crippen molar-refractivity contribution in [3.05, 3.63) is 35.6 Å². The van der Waals surface area contributed by atoms with E-state index in [2.05, 4.69) is 10.6 Å². The Morgan fingerprint density at radius 1 is 1.29 bits per heavy atom. The lowest BCUT2D eigenvalue weighted by molar-refractivity contribution is -0.141. The van der Waals surface area contributed by atoms with E-state index in [-0.39, 0.29) is 29.8 Å². The summed E-state index contributed by atoms with van der Waals surface area (Å²) in [6.45, 7) is 1.81. The fraction of sp³-hybridized carbons (Fsp3) is 0.467. The Kier molecular flexibility index (Phi) is 4.77. The summed E-state index contributed by atoms with van der Waals surface area (Å²) in [5.74, 6) is -1.50. The number of hydrogen-bond donors (Lipinski definition) is 3. The van der Waals surface area contributed by atoms with Gasteiger partial charge in [0, 0.05) is 6.04 Å². The average molecular weight is 294 g/mol. The van der Waals surface area contributed by atoms with E-state index >= 15 is 0 Å². The molecule has 1 aliphatic rings. The van der Waals surface area contributed by atoms with E-state index < -0.39 is 5.97 Å².